The van der Waals surface area contributed by atoms with E-state index in [0.717, 1.165) is 0 Å². The molecule has 1 aromatic rings. The third kappa shape index (κ3) is 3.94. The lowest BCUT2D eigenvalue weighted by Gasteiger charge is -2.30. The van der Waals surface area contributed by atoms with Crippen molar-refractivity contribution in [3.63, 3.8) is 0 Å². The lowest BCUT2D eigenvalue weighted by Crippen LogP contribution is -2.39. The third-order valence-corrected chi connectivity index (χ3v) is 3.64. The molecule has 122 valence electrons. The molecule has 1 heterocycles. The first-order valence-corrected chi connectivity index (χ1v) is 7.31. The van der Waals surface area contributed by atoms with E-state index >= 15 is 0 Å². The van der Waals surface area contributed by atoms with Gasteiger partial charge in [-0.3, -0.25) is 4.79 Å². The van der Waals surface area contributed by atoms with Gasteiger partial charge in [-0.15, -0.1) is 0 Å². The molecule has 1 amide bonds. The predicted octanol–water partition coefficient (Wildman–Crippen LogP) is 0.335. The topological polar surface area (TPSA) is 79.0 Å². The average molecular weight is 311 g/mol. The monoisotopic (exact) mass is 311 g/mol. The van der Waals surface area contributed by atoms with Crippen LogP contribution in [0.1, 0.15) is 6.92 Å². The Labute approximate surface area is 129 Å². The molecule has 1 unspecified atom stereocenters. The van der Waals surface area contributed by atoms with Gasteiger partial charge in [0.2, 0.25) is 5.91 Å². The molecule has 0 aliphatic carbocycles. The summed E-state index contributed by atoms with van der Waals surface area (Å²) in [6.07, 6.45) is -0.842. The van der Waals surface area contributed by atoms with Crippen molar-refractivity contribution < 1.29 is 19.0 Å². The van der Waals surface area contributed by atoms with Gasteiger partial charge < -0.3 is 25.4 Å². The number of ether oxygens (including phenoxy) is 1. The van der Waals surface area contributed by atoms with Crippen LogP contribution in [0.4, 0.5) is 15.8 Å². The number of rotatable bonds is 5. The molecule has 0 radical (unpaired) electrons. The number of aliphatic hydroxyl groups is 1. The molecule has 2 rings (SSSR count). The van der Waals surface area contributed by atoms with Crippen molar-refractivity contribution >= 4 is 17.3 Å². The van der Waals surface area contributed by atoms with Gasteiger partial charge in [-0.2, -0.15) is 0 Å². The summed E-state index contributed by atoms with van der Waals surface area (Å²) in [7, 11) is 0. The molecule has 1 atom stereocenters. The maximum atomic E-state index is 14.4. The molecule has 1 aliphatic heterocycles. The highest BCUT2D eigenvalue weighted by Crippen LogP contribution is 2.26. The molecule has 1 saturated heterocycles. The van der Waals surface area contributed by atoms with Crippen LogP contribution >= 0.6 is 0 Å². The normalized spacial score (nSPS) is 16.5. The van der Waals surface area contributed by atoms with E-state index in [1.54, 1.807) is 12.1 Å². The Morgan fingerprint density at radius 3 is 2.73 bits per heavy atom. The lowest BCUT2D eigenvalue weighted by atomic mass is 10.2. The maximum Gasteiger partial charge on any atom is 0.223 e. The van der Waals surface area contributed by atoms with Crippen molar-refractivity contribution in [1.29, 1.82) is 0 Å². The highest BCUT2D eigenvalue weighted by molar-refractivity contribution is 5.91. The number of hydrogen-bond donors (Lipinski definition) is 2. The predicted molar refractivity (Wildman–Crippen MR) is 82.5 cm³/mol. The number of anilines is 2. The molecule has 3 N–H and O–H groups in total. The number of carbonyl (C=O) groups excluding carboxylic acids is 1. The zero-order chi connectivity index (χ0) is 16.1. The molecule has 22 heavy (non-hydrogen) atoms. The summed E-state index contributed by atoms with van der Waals surface area (Å²) in [4.78, 5) is 15.0. The number of hydrogen-bond acceptors (Lipinski definition) is 5. The van der Waals surface area contributed by atoms with Gasteiger partial charge in [-0.25, -0.2) is 4.39 Å². The summed E-state index contributed by atoms with van der Waals surface area (Å²) in [5, 5.41) is 9.63. The van der Waals surface area contributed by atoms with Gasteiger partial charge in [0.15, 0.2) is 0 Å². The minimum Gasteiger partial charge on any atom is -0.390 e. The van der Waals surface area contributed by atoms with Gasteiger partial charge in [0.05, 0.1) is 31.5 Å². The Kier molecular flexibility index (Phi) is 5.70. The fourth-order valence-corrected chi connectivity index (χ4v) is 2.43. The molecule has 0 bridgehead atoms. The standard InChI is InChI=1S/C15H22FN3O3/c1-11(20)19(10-13(21)9-17)12-2-3-15(14(16)8-12)18-4-6-22-7-5-18/h2-3,8,13,21H,4-7,9-10,17H2,1H3. The van der Waals surface area contributed by atoms with Crippen LogP contribution in [0.25, 0.3) is 0 Å². The van der Waals surface area contributed by atoms with Crippen LogP contribution in [0, 0.1) is 5.82 Å². The molecule has 0 aromatic heterocycles. The fourth-order valence-electron chi connectivity index (χ4n) is 2.43. The zero-order valence-electron chi connectivity index (χ0n) is 12.7. The number of carbonyl (C=O) groups is 1. The Balaban J connectivity index is 2.20. The van der Waals surface area contributed by atoms with Crippen LogP contribution in [-0.4, -0.2) is 56.5 Å². The average Bonchev–Trinajstić information content (AvgIpc) is 2.52. The quantitative estimate of drug-likeness (QED) is 0.819. The molecule has 0 saturated carbocycles. The van der Waals surface area contributed by atoms with Gasteiger partial charge in [-0.1, -0.05) is 0 Å². The Bertz CT molecular complexity index is 521. The van der Waals surface area contributed by atoms with Gasteiger partial charge in [0.25, 0.3) is 0 Å². The lowest BCUT2D eigenvalue weighted by molar-refractivity contribution is -0.116. The van der Waals surface area contributed by atoms with Crippen molar-refractivity contribution in [3.8, 4) is 0 Å². The highest BCUT2D eigenvalue weighted by atomic mass is 19.1. The second kappa shape index (κ2) is 7.53. The van der Waals surface area contributed by atoms with Gasteiger partial charge >= 0.3 is 0 Å². The van der Waals surface area contributed by atoms with E-state index in [1.165, 1.54) is 17.9 Å². The molecular formula is C15H22FN3O3. The second-order valence-electron chi connectivity index (χ2n) is 5.25. The molecular weight excluding hydrogens is 289 g/mol. The van der Waals surface area contributed by atoms with Crippen LogP contribution in [-0.2, 0) is 9.53 Å². The number of benzene rings is 1. The summed E-state index contributed by atoms with van der Waals surface area (Å²) in [6.45, 7) is 3.88. The zero-order valence-corrected chi connectivity index (χ0v) is 12.7. The van der Waals surface area contributed by atoms with E-state index in [2.05, 4.69) is 0 Å². The summed E-state index contributed by atoms with van der Waals surface area (Å²) in [5.41, 5.74) is 6.28. The second-order valence-corrected chi connectivity index (χ2v) is 5.25. The number of amides is 1. The minimum atomic E-state index is -0.842. The summed E-state index contributed by atoms with van der Waals surface area (Å²) in [6, 6.07) is 4.65. The summed E-state index contributed by atoms with van der Waals surface area (Å²) < 4.78 is 19.6. The number of aliphatic hydroxyl groups excluding tert-OH is 1. The largest absolute Gasteiger partial charge is 0.390 e. The van der Waals surface area contributed by atoms with Gasteiger partial charge in [0.1, 0.15) is 5.82 Å². The number of nitrogens with two attached hydrogens (primary N) is 1. The van der Waals surface area contributed by atoms with E-state index in [4.69, 9.17) is 10.5 Å². The van der Waals surface area contributed by atoms with Crippen LogP contribution in [0.5, 0.6) is 0 Å². The van der Waals surface area contributed by atoms with E-state index in [0.29, 0.717) is 37.7 Å². The van der Waals surface area contributed by atoms with Crippen LogP contribution in [0.3, 0.4) is 0 Å². The Morgan fingerprint density at radius 1 is 1.50 bits per heavy atom. The van der Waals surface area contributed by atoms with Gasteiger partial charge in [0, 0.05) is 32.2 Å². The molecule has 7 heteroatoms. The van der Waals surface area contributed by atoms with Crippen molar-refractivity contribution in [2.75, 3.05) is 49.2 Å². The molecule has 1 aliphatic rings. The first kappa shape index (κ1) is 16.7. The van der Waals surface area contributed by atoms with Crippen LogP contribution in [0.15, 0.2) is 18.2 Å². The van der Waals surface area contributed by atoms with E-state index in [9.17, 15) is 14.3 Å². The van der Waals surface area contributed by atoms with Crippen molar-refractivity contribution in [2.45, 2.75) is 13.0 Å². The van der Waals surface area contributed by atoms with E-state index in [1.807, 2.05) is 4.90 Å². The molecule has 1 fully saturated rings. The minimum absolute atomic E-state index is 0.0398. The summed E-state index contributed by atoms with van der Waals surface area (Å²) >= 11 is 0. The molecule has 1 aromatic carbocycles. The van der Waals surface area contributed by atoms with E-state index < -0.39 is 11.9 Å². The maximum absolute atomic E-state index is 14.4. The first-order chi connectivity index (χ1) is 10.5. The van der Waals surface area contributed by atoms with Crippen LogP contribution < -0.4 is 15.5 Å². The van der Waals surface area contributed by atoms with E-state index in [-0.39, 0.29) is 19.0 Å². The Morgan fingerprint density at radius 2 is 2.18 bits per heavy atom. The van der Waals surface area contributed by atoms with Crippen LogP contribution in [0.2, 0.25) is 0 Å². The number of nitrogens with zero attached hydrogens (tertiary/aromatic N) is 2. The first-order valence-electron chi connectivity index (χ1n) is 7.31. The highest BCUT2D eigenvalue weighted by Gasteiger charge is 2.19. The number of morpholine rings is 1. The van der Waals surface area contributed by atoms with Gasteiger partial charge in [-0.05, 0) is 18.2 Å². The molecule has 0 spiro atoms. The van der Waals surface area contributed by atoms with Crippen molar-refractivity contribution in [3.05, 3.63) is 24.0 Å². The fraction of sp³-hybridized carbons (Fsp3) is 0.533. The smallest absolute Gasteiger partial charge is 0.223 e. The molecule has 6 nitrogen and oxygen atoms in total. The summed E-state index contributed by atoms with van der Waals surface area (Å²) in [5.74, 6) is -0.668. The third-order valence-electron chi connectivity index (χ3n) is 3.64. The Hall–Kier alpha value is -1.70. The number of halogens is 1. The SMILES string of the molecule is CC(=O)N(CC(O)CN)c1ccc(N2CCOCC2)c(F)c1. The van der Waals surface area contributed by atoms with Crippen molar-refractivity contribution in [1.82, 2.24) is 0 Å². The van der Waals surface area contributed by atoms with Crippen molar-refractivity contribution in [2.24, 2.45) is 5.73 Å².